The molecule has 3 heterocycles. The minimum absolute atomic E-state index is 0.0499. The van der Waals surface area contributed by atoms with Crippen LogP contribution in [0.25, 0.3) is 10.9 Å². The summed E-state index contributed by atoms with van der Waals surface area (Å²) in [5.74, 6) is 0.584. The fraction of sp³-hybridized carbons (Fsp3) is 0.500. The van der Waals surface area contributed by atoms with Crippen LogP contribution in [0.15, 0.2) is 29.8 Å². The average molecular weight is 342 g/mol. The van der Waals surface area contributed by atoms with Gasteiger partial charge in [-0.15, -0.1) is 0 Å². The first-order valence-corrected chi connectivity index (χ1v) is 9.01. The Morgan fingerprint density at radius 3 is 2.84 bits per heavy atom. The van der Waals surface area contributed by atoms with E-state index in [2.05, 4.69) is 16.9 Å². The van der Waals surface area contributed by atoms with Crippen molar-refractivity contribution in [1.82, 2.24) is 9.88 Å². The van der Waals surface area contributed by atoms with E-state index in [4.69, 9.17) is 0 Å². The largest absolute Gasteiger partial charge is 0.508 e. The molecule has 5 nitrogen and oxygen atoms in total. The molecular weight excluding hydrogens is 316 g/mol. The Morgan fingerprint density at radius 1 is 1.36 bits per heavy atom. The second kappa shape index (κ2) is 6.16. The maximum Gasteiger partial charge on any atom is 0.116 e. The van der Waals surface area contributed by atoms with Crippen LogP contribution < -0.4 is 0 Å². The van der Waals surface area contributed by atoms with Crippen LogP contribution in [0.4, 0.5) is 0 Å². The molecule has 0 saturated carbocycles. The molecule has 0 aliphatic carbocycles. The van der Waals surface area contributed by atoms with Crippen LogP contribution in [0, 0.1) is 11.8 Å². The fourth-order valence-corrected chi connectivity index (χ4v) is 5.07. The Morgan fingerprint density at radius 2 is 2.16 bits per heavy atom. The zero-order valence-corrected chi connectivity index (χ0v) is 14.7. The number of hydrogen-bond acceptors (Lipinski definition) is 4. The summed E-state index contributed by atoms with van der Waals surface area (Å²) >= 11 is 0. The van der Waals surface area contributed by atoms with Crippen molar-refractivity contribution in [2.45, 2.75) is 31.8 Å². The quantitative estimate of drug-likeness (QED) is 0.646. The Balaban J connectivity index is 1.84. The van der Waals surface area contributed by atoms with E-state index < -0.39 is 0 Å². The summed E-state index contributed by atoms with van der Waals surface area (Å²) in [6.45, 7) is 2.13. The number of aromatic hydroxyl groups is 1. The number of rotatable bonds is 3. The summed E-state index contributed by atoms with van der Waals surface area (Å²) < 4.78 is 0. The highest BCUT2D eigenvalue weighted by atomic mass is 16.3. The van der Waals surface area contributed by atoms with Gasteiger partial charge in [0.2, 0.25) is 0 Å². The molecule has 1 fully saturated rings. The van der Waals surface area contributed by atoms with E-state index in [1.54, 1.807) is 6.07 Å². The summed E-state index contributed by atoms with van der Waals surface area (Å²) in [6, 6.07) is 5.94. The van der Waals surface area contributed by atoms with E-state index in [0.29, 0.717) is 0 Å². The molecule has 4 rings (SSSR count). The number of fused-ring (bicyclic) bond motifs is 6. The molecule has 5 heteroatoms. The van der Waals surface area contributed by atoms with E-state index in [-0.39, 0.29) is 42.9 Å². The molecule has 2 aromatic rings. The Labute approximate surface area is 147 Å². The van der Waals surface area contributed by atoms with Gasteiger partial charge in [0.25, 0.3) is 0 Å². The number of phenolic OH excluding ortho intramolecular Hbond substituents is 1. The summed E-state index contributed by atoms with van der Waals surface area (Å²) in [5.41, 5.74) is 4.56. The second-order valence-corrected chi connectivity index (χ2v) is 7.41. The summed E-state index contributed by atoms with van der Waals surface area (Å²) in [4.78, 5) is 5.93. The molecule has 25 heavy (non-hydrogen) atoms. The smallest absolute Gasteiger partial charge is 0.116 e. The molecule has 0 spiro atoms. The van der Waals surface area contributed by atoms with Gasteiger partial charge in [0.15, 0.2) is 0 Å². The van der Waals surface area contributed by atoms with Crippen molar-refractivity contribution in [1.29, 1.82) is 0 Å². The summed E-state index contributed by atoms with van der Waals surface area (Å²) in [7, 11) is 2.13. The monoisotopic (exact) mass is 342 g/mol. The highest BCUT2D eigenvalue weighted by Crippen LogP contribution is 2.49. The molecule has 4 atom stereocenters. The Hall–Kier alpha value is -1.82. The second-order valence-electron chi connectivity index (χ2n) is 7.41. The van der Waals surface area contributed by atoms with Gasteiger partial charge in [-0.25, -0.2) is 0 Å². The van der Waals surface area contributed by atoms with Crippen molar-refractivity contribution < 1.29 is 15.3 Å². The lowest BCUT2D eigenvalue weighted by molar-refractivity contribution is -0.00908. The average Bonchev–Trinajstić information content (AvgIpc) is 2.95. The standard InChI is InChI=1S/C20H26N2O3/c1-3-11(9-23)13-7-19-20-15(8-18(22(19)2)16(13)10-24)14-6-12(25)4-5-17(14)21-20/h3-6,13,16,18-19,21,23-25H,7-10H2,1-2H3/b11-3-/t13-,16?,18+,19+/m0/s1. The lowest BCUT2D eigenvalue weighted by Gasteiger charge is -2.51. The number of aliphatic hydroxyl groups excluding tert-OH is 2. The minimum Gasteiger partial charge on any atom is -0.508 e. The highest BCUT2D eigenvalue weighted by molar-refractivity contribution is 5.86. The van der Waals surface area contributed by atoms with Crippen molar-refractivity contribution in [3.05, 3.63) is 41.1 Å². The van der Waals surface area contributed by atoms with Crippen LogP contribution in [0.3, 0.4) is 0 Å². The molecule has 1 aromatic carbocycles. The third kappa shape index (κ3) is 2.41. The molecule has 2 aliphatic rings. The number of aromatic amines is 1. The SMILES string of the molecule is C/C=C(/CO)[C@@H]1C[C@@H]2c3[nH]c4ccc(O)cc4c3C[C@H](C1CO)N2C. The lowest BCUT2D eigenvalue weighted by Crippen LogP contribution is -2.54. The van der Waals surface area contributed by atoms with Gasteiger partial charge < -0.3 is 20.3 Å². The van der Waals surface area contributed by atoms with Crippen LogP contribution in [-0.4, -0.2) is 51.5 Å². The molecule has 1 aromatic heterocycles. The van der Waals surface area contributed by atoms with E-state index in [9.17, 15) is 15.3 Å². The van der Waals surface area contributed by atoms with Crippen molar-refractivity contribution in [3.63, 3.8) is 0 Å². The molecule has 0 amide bonds. The van der Waals surface area contributed by atoms with Crippen molar-refractivity contribution in [3.8, 4) is 5.75 Å². The highest BCUT2D eigenvalue weighted by Gasteiger charge is 2.47. The predicted octanol–water partition coefficient (Wildman–Crippen LogP) is 2.34. The van der Waals surface area contributed by atoms with Crippen molar-refractivity contribution >= 4 is 10.9 Å². The number of likely N-dealkylation sites (N-methyl/N-ethyl adjacent to an activating group) is 1. The number of aliphatic hydroxyl groups is 2. The van der Waals surface area contributed by atoms with E-state index in [0.717, 1.165) is 29.3 Å². The number of H-pyrrole nitrogens is 1. The molecule has 1 saturated heterocycles. The van der Waals surface area contributed by atoms with E-state index in [1.165, 1.54) is 11.3 Å². The fourth-order valence-electron chi connectivity index (χ4n) is 5.07. The van der Waals surface area contributed by atoms with Gasteiger partial charge in [-0.1, -0.05) is 6.08 Å². The first-order valence-electron chi connectivity index (χ1n) is 9.01. The van der Waals surface area contributed by atoms with E-state index >= 15 is 0 Å². The number of phenols is 1. The van der Waals surface area contributed by atoms with Gasteiger partial charge in [0.1, 0.15) is 5.75 Å². The first-order chi connectivity index (χ1) is 12.1. The van der Waals surface area contributed by atoms with Crippen molar-refractivity contribution in [2.75, 3.05) is 20.3 Å². The third-order valence-electron chi connectivity index (χ3n) is 6.41. The Kier molecular flexibility index (Phi) is 4.10. The van der Waals surface area contributed by atoms with Gasteiger partial charge in [-0.05, 0) is 62.1 Å². The lowest BCUT2D eigenvalue weighted by atomic mass is 9.68. The number of nitrogens with zero attached hydrogens (tertiary/aromatic N) is 1. The van der Waals surface area contributed by atoms with E-state index in [1.807, 2.05) is 25.1 Å². The van der Waals surface area contributed by atoms with Crippen LogP contribution in [-0.2, 0) is 6.42 Å². The third-order valence-corrected chi connectivity index (χ3v) is 6.41. The predicted molar refractivity (Wildman–Crippen MR) is 97.5 cm³/mol. The maximum absolute atomic E-state index is 10.1. The molecule has 2 bridgehead atoms. The normalized spacial score (nSPS) is 29.8. The van der Waals surface area contributed by atoms with Gasteiger partial charge in [0, 0.05) is 35.2 Å². The summed E-state index contributed by atoms with van der Waals surface area (Å²) in [6.07, 6.45) is 3.72. The van der Waals surface area contributed by atoms with Gasteiger partial charge in [0.05, 0.1) is 12.6 Å². The van der Waals surface area contributed by atoms with Gasteiger partial charge >= 0.3 is 0 Å². The van der Waals surface area contributed by atoms with Crippen LogP contribution >= 0.6 is 0 Å². The zero-order chi connectivity index (χ0) is 17.7. The van der Waals surface area contributed by atoms with Crippen LogP contribution in [0.5, 0.6) is 5.75 Å². The summed E-state index contributed by atoms with van der Waals surface area (Å²) in [5, 5.41) is 30.8. The van der Waals surface area contributed by atoms with Crippen LogP contribution in [0.2, 0.25) is 0 Å². The molecule has 4 N–H and O–H groups in total. The number of piperidine rings is 1. The van der Waals surface area contributed by atoms with Crippen LogP contribution in [0.1, 0.15) is 30.6 Å². The number of nitrogens with one attached hydrogen (secondary N) is 1. The first kappa shape index (κ1) is 16.6. The molecule has 2 aliphatic heterocycles. The zero-order valence-electron chi connectivity index (χ0n) is 14.7. The molecule has 134 valence electrons. The van der Waals surface area contributed by atoms with Gasteiger partial charge in [-0.2, -0.15) is 0 Å². The maximum atomic E-state index is 10.1. The van der Waals surface area contributed by atoms with Crippen molar-refractivity contribution in [2.24, 2.45) is 11.8 Å². The number of benzene rings is 1. The number of hydrogen-bond donors (Lipinski definition) is 4. The number of allylic oxidation sites excluding steroid dienone is 1. The molecule has 1 unspecified atom stereocenters. The number of aromatic nitrogens is 1. The topological polar surface area (TPSA) is 79.7 Å². The Bertz CT molecular complexity index is 826. The minimum atomic E-state index is 0.0499. The van der Waals surface area contributed by atoms with Gasteiger partial charge in [-0.3, -0.25) is 4.90 Å². The molecule has 0 radical (unpaired) electrons. The molecular formula is C20H26N2O3.